The molecule has 0 unspecified atom stereocenters. The van der Waals surface area contributed by atoms with Gasteiger partial charge in [-0.3, -0.25) is 24.0 Å². The van der Waals surface area contributed by atoms with Gasteiger partial charge in [0.05, 0.1) is 0 Å². The first-order valence-electron chi connectivity index (χ1n) is 12.8. The van der Waals surface area contributed by atoms with Gasteiger partial charge in [0.15, 0.2) is 0 Å². The van der Waals surface area contributed by atoms with Crippen LogP contribution >= 0.6 is 0 Å². The average Bonchev–Trinajstić information content (AvgIpc) is 3.22. The van der Waals surface area contributed by atoms with E-state index in [1.807, 2.05) is 6.08 Å². The van der Waals surface area contributed by atoms with E-state index in [1.165, 1.54) is 40.7 Å². The molecule has 0 radical (unpaired) electrons. The van der Waals surface area contributed by atoms with Gasteiger partial charge >= 0.3 is 23.9 Å². The van der Waals surface area contributed by atoms with Crippen molar-refractivity contribution < 1.29 is 42.9 Å². The van der Waals surface area contributed by atoms with E-state index in [2.05, 4.69) is 0 Å². The maximum Gasteiger partial charge on any atom is 0.308 e. The predicted molar refractivity (Wildman–Crippen MR) is 149 cm³/mol. The fourth-order valence-electron chi connectivity index (χ4n) is 4.91. The number of ether oxygens (including phenoxy) is 4. The Balaban J connectivity index is 1.96. The Kier molecular flexibility index (Phi) is 8.47. The van der Waals surface area contributed by atoms with Gasteiger partial charge in [-0.05, 0) is 82.8 Å². The molecule has 9 nitrogen and oxygen atoms in total. The van der Waals surface area contributed by atoms with Crippen molar-refractivity contribution in [1.82, 2.24) is 0 Å². The Morgan fingerprint density at radius 2 is 1.10 bits per heavy atom. The molecule has 3 aromatic carbocycles. The molecule has 1 atom stereocenters. The van der Waals surface area contributed by atoms with Crippen molar-refractivity contribution in [1.29, 1.82) is 0 Å². The van der Waals surface area contributed by atoms with Crippen molar-refractivity contribution >= 4 is 41.3 Å². The first-order valence-corrected chi connectivity index (χ1v) is 12.8. The molecule has 0 N–H and O–H groups in total. The van der Waals surface area contributed by atoms with Gasteiger partial charge in [0, 0.05) is 46.1 Å². The van der Waals surface area contributed by atoms with Crippen molar-refractivity contribution in [2.75, 3.05) is 0 Å². The summed E-state index contributed by atoms with van der Waals surface area (Å²) in [4.78, 5) is 59.1. The van der Waals surface area contributed by atoms with Crippen LogP contribution in [0.25, 0.3) is 11.6 Å². The number of carbonyl (C=O) groups is 5. The van der Waals surface area contributed by atoms with Crippen molar-refractivity contribution in [3.8, 4) is 23.0 Å². The zero-order chi connectivity index (χ0) is 29.8. The highest BCUT2D eigenvalue weighted by atomic mass is 16.5. The number of esters is 4. The SMILES string of the molecule is CC(=O)Cc1cc(OC(C)=O)cc2c1[C@@H](c1cc(OC(C)=O)cc(OC(C)=O)c1)C(c1ccc(OC(C)=O)cc1)=C2. The number of carbonyl (C=O) groups excluding carboxylic acids is 5. The van der Waals surface area contributed by atoms with E-state index in [9.17, 15) is 24.0 Å². The second-order valence-corrected chi connectivity index (χ2v) is 9.63. The molecule has 0 aromatic heterocycles. The summed E-state index contributed by atoms with van der Waals surface area (Å²) in [7, 11) is 0. The van der Waals surface area contributed by atoms with Gasteiger partial charge in [-0.2, -0.15) is 0 Å². The van der Waals surface area contributed by atoms with Crippen LogP contribution in [0.5, 0.6) is 23.0 Å². The molecule has 1 aliphatic rings. The summed E-state index contributed by atoms with van der Waals surface area (Å²) >= 11 is 0. The number of benzene rings is 3. The van der Waals surface area contributed by atoms with Crippen LogP contribution < -0.4 is 18.9 Å². The first-order chi connectivity index (χ1) is 19.4. The maximum atomic E-state index is 12.3. The number of rotatable bonds is 8. The molecule has 0 saturated carbocycles. The molecule has 0 amide bonds. The van der Waals surface area contributed by atoms with Crippen LogP contribution in [0.3, 0.4) is 0 Å². The van der Waals surface area contributed by atoms with Gasteiger partial charge < -0.3 is 18.9 Å². The van der Waals surface area contributed by atoms with Gasteiger partial charge in [-0.15, -0.1) is 0 Å². The molecular formula is C32H28O9. The molecular weight excluding hydrogens is 528 g/mol. The molecule has 1 aliphatic carbocycles. The van der Waals surface area contributed by atoms with Crippen LogP contribution in [-0.4, -0.2) is 29.7 Å². The number of hydrogen-bond donors (Lipinski definition) is 0. The number of ketones is 1. The molecule has 41 heavy (non-hydrogen) atoms. The third kappa shape index (κ3) is 7.13. The van der Waals surface area contributed by atoms with Gasteiger partial charge in [-0.1, -0.05) is 12.1 Å². The summed E-state index contributed by atoms with van der Waals surface area (Å²) in [6.45, 7) is 6.61. The molecule has 3 aromatic rings. The lowest BCUT2D eigenvalue weighted by atomic mass is 9.82. The quantitative estimate of drug-likeness (QED) is 0.272. The maximum absolute atomic E-state index is 12.3. The van der Waals surface area contributed by atoms with E-state index < -0.39 is 29.8 Å². The fourth-order valence-corrected chi connectivity index (χ4v) is 4.91. The molecule has 0 spiro atoms. The second-order valence-electron chi connectivity index (χ2n) is 9.63. The number of Topliss-reactive ketones (excluding diaryl/α,β-unsaturated/α-hetero) is 1. The monoisotopic (exact) mass is 556 g/mol. The van der Waals surface area contributed by atoms with Crippen molar-refractivity contribution in [2.24, 2.45) is 0 Å². The number of allylic oxidation sites excluding steroid dienone is 1. The summed E-state index contributed by atoms with van der Waals surface area (Å²) in [5.74, 6) is -1.64. The molecule has 210 valence electrons. The van der Waals surface area contributed by atoms with Crippen LogP contribution in [0.15, 0.2) is 54.6 Å². The van der Waals surface area contributed by atoms with Gasteiger partial charge in [-0.25, -0.2) is 0 Å². The average molecular weight is 557 g/mol. The normalized spacial score (nSPS) is 13.5. The van der Waals surface area contributed by atoms with E-state index in [1.54, 1.807) is 48.5 Å². The number of fused-ring (bicyclic) bond motifs is 1. The van der Waals surface area contributed by atoms with Crippen LogP contribution in [0.1, 0.15) is 68.4 Å². The molecule has 0 aliphatic heterocycles. The van der Waals surface area contributed by atoms with Gasteiger partial charge in [0.1, 0.15) is 28.8 Å². The predicted octanol–water partition coefficient (Wildman–Crippen LogP) is 5.21. The molecule has 0 heterocycles. The van der Waals surface area contributed by atoms with Crippen LogP contribution in [0.2, 0.25) is 0 Å². The first kappa shape index (κ1) is 28.9. The Bertz CT molecular complexity index is 1560. The zero-order valence-corrected chi connectivity index (χ0v) is 23.2. The van der Waals surface area contributed by atoms with Crippen molar-refractivity contribution in [3.05, 3.63) is 82.4 Å². The largest absolute Gasteiger partial charge is 0.427 e. The van der Waals surface area contributed by atoms with E-state index in [4.69, 9.17) is 18.9 Å². The summed E-state index contributed by atoms with van der Waals surface area (Å²) in [5.41, 5.74) is 4.34. The minimum absolute atomic E-state index is 0.0703. The smallest absolute Gasteiger partial charge is 0.308 e. The fraction of sp³-hybridized carbons (Fsp3) is 0.219. The van der Waals surface area contributed by atoms with Crippen LogP contribution in [0, 0.1) is 0 Å². The molecule has 0 bridgehead atoms. The number of hydrogen-bond acceptors (Lipinski definition) is 9. The Hall–Kier alpha value is -5.05. The standard InChI is InChI=1S/C32H28O9/c1-17(33)10-23-11-27(39-19(3)35)14-25-15-30(22-6-8-26(9-7-22)38-18(2)34)32(31(23)25)24-12-28(40-20(4)36)16-29(13-24)41-21(5)37/h6-9,11-16,32H,10H2,1-5H3/t32-/m0/s1. The molecule has 0 fully saturated rings. The Morgan fingerprint density at radius 1 is 0.610 bits per heavy atom. The lowest BCUT2D eigenvalue weighted by Crippen LogP contribution is -2.11. The lowest BCUT2D eigenvalue weighted by molar-refractivity contribution is -0.133. The van der Waals surface area contributed by atoms with Crippen molar-refractivity contribution in [3.63, 3.8) is 0 Å². The zero-order valence-electron chi connectivity index (χ0n) is 23.2. The van der Waals surface area contributed by atoms with E-state index in [-0.39, 0.29) is 23.7 Å². The van der Waals surface area contributed by atoms with Gasteiger partial charge in [0.2, 0.25) is 0 Å². The highest BCUT2D eigenvalue weighted by Crippen LogP contribution is 2.50. The Morgan fingerprint density at radius 3 is 1.59 bits per heavy atom. The van der Waals surface area contributed by atoms with Crippen LogP contribution in [0.4, 0.5) is 0 Å². The minimum atomic E-state index is -0.553. The highest BCUT2D eigenvalue weighted by Gasteiger charge is 2.32. The minimum Gasteiger partial charge on any atom is -0.427 e. The van der Waals surface area contributed by atoms with E-state index >= 15 is 0 Å². The van der Waals surface area contributed by atoms with E-state index in [0.29, 0.717) is 22.6 Å². The third-order valence-electron chi connectivity index (χ3n) is 6.09. The summed E-state index contributed by atoms with van der Waals surface area (Å²) in [5, 5.41) is 0. The summed E-state index contributed by atoms with van der Waals surface area (Å²) < 4.78 is 21.3. The molecule has 9 heteroatoms. The van der Waals surface area contributed by atoms with Crippen molar-refractivity contribution in [2.45, 2.75) is 47.0 Å². The highest BCUT2D eigenvalue weighted by molar-refractivity contribution is 5.96. The lowest BCUT2D eigenvalue weighted by Gasteiger charge is -2.22. The van der Waals surface area contributed by atoms with E-state index in [0.717, 1.165) is 22.3 Å². The topological polar surface area (TPSA) is 122 Å². The molecule has 0 saturated heterocycles. The summed E-state index contributed by atoms with van der Waals surface area (Å²) in [6, 6.07) is 15.1. The van der Waals surface area contributed by atoms with Crippen LogP contribution in [-0.2, 0) is 30.4 Å². The third-order valence-corrected chi connectivity index (χ3v) is 6.09. The summed E-state index contributed by atoms with van der Waals surface area (Å²) in [6.07, 6.45) is 1.99. The second kappa shape index (κ2) is 12.0. The Labute approximate surface area is 236 Å². The van der Waals surface area contributed by atoms with Gasteiger partial charge in [0.25, 0.3) is 0 Å². The molecule has 4 rings (SSSR count).